The molecule has 0 bridgehead atoms. The van der Waals surface area contributed by atoms with Gasteiger partial charge in [0, 0.05) is 11.2 Å². The van der Waals surface area contributed by atoms with E-state index in [0.717, 1.165) is 11.1 Å². The quantitative estimate of drug-likeness (QED) is 0.621. The number of ether oxygens (including phenoxy) is 1. The van der Waals surface area contributed by atoms with Crippen LogP contribution in [0.5, 0.6) is 0 Å². The molecule has 6 heteroatoms. The number of hydrogen-bond donors (Lipinski definition) is 1. The summed E-state index contributed by atoms with van der Waals surface area (Å²) >= 11 is 1.58. The molecule has 28 heavy (non-hydrogen) atoms. The second-order valence-electron chi connectivity index (χ2n) is 7.98. The van der Waals surface area contributed by atoms with E-state index < -0.39 is 16.3 Å². The van der Waals surface area contributed by atoms with Crippen LogP contribution in [0.2, 0.25) is 0 Å². The van der Waals surface area contributed by atoms with E-state index in [0.29, 0.717) is 6.42 Å². The molecule has 0 aromatic heterocycles. The first-order valence-corrected chi connectivity index (χ1v) is 10.2. The molecular formula is C22H24N2O3S. The molecule has 2 N–H and O–H groups in total. The predicted molar refractivity (Wildman–Crippen MR) is 109 cm³/mol. The smallest absolute Gasteiger partial charge is 0.330 e. The zero-order valence-corrected chi connectivity index (χ0v) is 16.8. The highest BCUT2D eigenvalue weighted by molar-refractivity contribution is 8.01. The molecule has 2 aromatic carbocycles. The minimum atomic E-state index is -0.988. The van der Waals surface area contributed by atoms with Gasteiger partial charge in [-0.05, 0) is 25.0 Å². The summed E-state index contributed by atoms with van der Waals surface area (Å²) in [6.07, 6.45) is 0.461. The van der Waals surface area contributed by atoms with Gasteiger partial charge in [0.25, 0.3) is 0 Å². The van der Waals surface area contributed by atoms with Gasteiger partial charge in [0.1, 0.15) is 23.6 Å². The van der Waals surface area contributed by atoms with Crippen LogP contribution in [0.15, 0.2) is 60.7 Å². The summed E-state index contributed by atoms with van der Waals surface area (Å²) in [6.45, 7) is 4.14. The van der Waals surface area contributed by atoms with Gasteiger partial charge in [-0.1, -0.05) is 60.7 Å². The summed E-state index contributed by atoms with van der Waals surface area (Å²) in [5.41, 5.74) is 7.50. The molecule has 0 spiro atoms. The monoisotopic (exact) mass is 396 g/mol. The third-order valence-electron chi connectivity index (χ3n) is 5.46. The summed E-state index contributed by atoms with van der Waals surface area (Å²) in [5, 5.41) is -0.232. The molecule has 2 saturated heterocycles. The van der Waals surface area contributed by atoms with Crippen molar-refractivity contribution >= 4 is 23.6 Å². The van der Waals surface area contributed by atoms with E-state index in [-0.39, 0.29) is 23.9 Å². The number of esters is 1. The van der Waals surface area contributed by atoms with Gasteiger partial charge < -0.3 is 15.4 Å². The third kappa shape index (κ3) is 3.10. The first kappa shape index (κ1) is 19.0. The van der Waals surface area contributed by atoms with Crippen molar-refractivity contribution in [2.45, 2.75) is 48.6 Å². The molecular weight excluding hydrogens is 372 g/mol. The van der Waals surface area contributed by atoms with E-state index in [2.05, 4.69) is 0 Å². The van der Waals surface area contributed by atoms with Crippen LogP contribution in [0.25, 0.3) is 0 Å². The van der Waals surface area contributed by atoms with Crippen molar-refractivity contribution in [1.82, 2.24) is 4.90 Å². The number of carbonyl (C=O) groups excluding carboxylic acids is 2. The van der Waals surface area contributed by atoms with Crippen LogP contribution in [0.3, 0.4) is 0 Å². The Morgan fingerprint density at radius 2 is 1.64 bits per heavy atom. The van der Waals surface area contributed by atoms with E-state index in [1.165, 1.54) is 0 Å². The molecule has 0 radical (unpaired) electrons. The lowest BCUT2D eigenvalue weighted by atomic mass is 9.80. The fourth-order valence-corrected chi connectivity index (χ4v) is 5.68. The van der Waals surface area contributed by atoms with Gasteiger partial charge in [-0.3, -0.25) is 4.79 Å². The van der Waals surface area contributed by atoms with E-state index >= 15 is 0 Å². The van der Waals surface area contributed by atoms with Gasteiger partial charge in [-0.25, -0.2) is 4.79 Å². The van der Waals surface area contributed by atoms with Crippen LogP contribution in [-0.2, 0) is 27.4 Å². The normalized spacial score (nSPS) is 27.8. The Balaban J connectivity index is 1.50. The van der Waals surface area contributed by atoms with Crippen molar-refractivity contribution in [2.24, 2.45) is 5.73 Å². The van der Waals surface area contributed by atoms with E-state index in [1.807, 2.05) is 74.5 Å². The molecule has 2 aliphatic heterocycles. The summed E-state index contributed by atoms with van der Waals surface area (Å²) < 4.78 is 5.08. The van der Waals surface area contributed by atoms with E-state index in [4.69, 9.17) is 10.5 Å². The van der Waals surface area contributed by atoms with Gasteiger partial charge in [0.15, 0.2) is 0 Å². The molecule has 0 unspecified atom stereocenters. The minimum Gasteiger partial charge on any atom is -0.459 e. The summed E-state index contributed by atoms with van der Waals surface area (Å²) in [4.78, 5) is 27.5. The number of rotatable bonds is 5. The van der Waals surface area contributed by atoms with Gasteiger partial charge in [-0.2, -0.15) is 0 Å². The van der Waals surface area contributed by atoms with Crippen molar-refractivity contribution in [3.63, 3.8) is 0 Å². The lowest BCUT2D eigenvalue weighted by Gasteiger charge is -2.51. The molecule has 2 aromatic rings. The standard InChI is InChI=1S/C22H24N2O3S/c1-21(2)17(18(25)27-14-16-11-7-4-8-12-16)24-19(26)22(23,20(24)28-21)13-15-9-5-3-6-10-15/h3-12,17,20H,13-14,23H2,1-2H3/t17-,20+,22+/m0/s1. The van der Waals surface area contributed by atoms with Gasteiger partial charge in [-0.15, -0.1) is 11.8 Å². The Morgan fingerprint density at radius 1 is 1.07 bits per heavy atom. The van der Waals surface area contributed by atoms with Crippen molar-refractivity contribution in [3.8, 4) is 0 Å². The summed E-state index contributed by atoms with van der Waals surface area (Å²) in [6, 6.07) is 18.7. The SMILES string of the molecule is CC1(C)S[C@H]2N(C(=O)[C@]2(N)Cc2ccccc2)[C@H]1C(=O)OCc1ccccc1. The highest BCUT2D eigenvalue weighted by Gasteiger charge is 2.69. The minimum absolute atomic E-state index is 0.180. The second kappa shape index (κ2) is 6.94. The number of hydrogen-bond acceptors (Lipinski definition) is 5. The number of β-lactam (4-membered cyclic amide) rings is 1. The molecule has 1 amide bonds. The number of carbonyl (C=O) groups is 2. The zero-order valence-electron chi connectivity index (χ0n) is 16.0. The van der Waals surface area contributed by atoms with Crippen LogP contribution in [0, 0.1) is 0 Å². The first-order chi connectivity index (χ1) is 13.3. The maximum absolute atomic E-state index is 13.0. The van der Waals surface area contributed by atoms with Crippen LogP contribution >= 0.6 is 11.8 Å². The zero-order chi connectivity index (χ0) is 19.9. The van der Waals surface area contributed by atoms with Crippen molar-refractivity contribution in [1.29, 1.82) is 0 Å². The Labute approximate surface area is 169 Å². The highest BCUT2D eigenvalue weighted by Crippen LogP contribution is 2.55. The van der Waals surface area contributed by atoms with Crippen LogP contribution in [-0.4, -0.2) is 38.5 Å². The molecule has 3 atom stereocenters. The van der Waals surface area contributed by atoms with E-state index in [1.54, 1.807) is 16.7 Å². The average molecular weight is 397 g/mol. The maximum atomic E-state index is 13.0. The molecule has 0 aliphatic carbocycles. The Hall–Kier alpha value is -2.31. The van der Waals surface area contributed by atoms with Gasteiger partial charge in [0.05, 0.1) is 0 Å². The molecule has 0 saturated carbocycles. The van der Waals surface area contributed by atoms with Crippen LogP contribution in [0.1, 0.15) is 25.0 Å². The number of fused-ring (bicyclic) bond motifs is 1. The highest BCUT2D eigenvalue weighted by atomic mass is 32.2. The van der Waals surface area contributed by atoms with Gasteiger partial charge in [0.2, 0.25) is 5.91 Å². The fourth-order valence-electron chi connectivity index (χ4n) is 4.04. The number of nitrogens with two attached hydrogens (primary N) is 1. The average Bonchev–Trinajstić information content (AvgIpc) is 2.97. The lowest BCUT2D eigenvalue weighted by Crippen LogP contribution is -2.78. The molecule has 146 valence electrons. The fraction of sp³-hybridized carbons (Fsp3) is 0.364. The van der Waals surface area contributed by atoms with Crippen molar-refractivity contribution in [3.05, 3.63) is 71.8 Å². The predicted octanol–water partition coefficient (Wildman–Crippen LogP) is 2.73. The number of amides is 1. The Morgan fingerprint density at radius 3 is 2.25 bits per heavy atom. The summed E-state index contributed by atoms with van der Waals surface area (Å²) in [7, 11) is 0. The number of thioether (sulfide) groups is 1. The van der Waals surface area contributed by atoms with Crippen molar-refractivity contribution < 1.29 is 14.3 Å². The largest absolute Gasteiger partial charge is 0.459 e. The second-order valence-corrected chi connectivity index (χ2v) is 9.72. The first-order valence-electron chi connectivity index (χ1n) is 9.37. The molecule has 5 nitrogen and oxygen atoms in total. The third-order valence-corrected chi connectivity index (χ3v) is 7.17. The van der Waals surface area contributed by atoms with E-state index in [9.17, 15) is 9.59 Å². The molecule has 2 fully saturated rings. The van der Waals surface area contributed by atoms with Gasteiger partial charge >= 0.3 is 5.97 Å². The van der Waals surface area contributed by atoms with Crippen LogP contribution < -0.4 is 5.73 Å². The number of nitrogens with zero attached hydrogens (tertiary/aromatic N) is 1. The maximum Gasteiger partial charge on any atom is 0.330 e. The topological polar surface area (TPSA) is 72.6 Å². The summed E-state index contributed by atoms with van der Waals surface area (Å²) in [5.74, 6) is -0.556. The van der Waals surface area contributed by atoms with Crippen molar-refractivity contribution in [2.75, 3.05) is 0 Å². The Kier molecular flexibility index (Phi) is 4.71. The lowest BCUT2D eigenvalue weighted by molar-refractivity contribution is -0.169. The molecule has 2 aliphatic rings. The Bertz CT molecular complexity index is 887. The molecule has 2 heterocycles. The number of benzene rings is 2. The van der Waals surface area contributed by atoms with Crippen LogP contribution in [0.4, 0.5) is 0 Å². The molecule has 4 rings (SSSR count).